The molecule has 0 bridgehead atoms. The number of hydrogen-bond donors (Lipinski definition) is 1. The van der Waals surface area contributed by atoms with Crippen LogP contribution in [0.2, 0.25) is 0 Å². The minimum Gasteiger partial charge on any atom is -0.297 e. The Morgan fingerprint density at radius 2 is 2.14 bits per heavy atom. The van der Waals surface area contributed by atoms with E-state index in [9.17, 15) is 0 Å². The molecule has 0 aromatic heterocycles. The normalized spacial score (nSPS) is 10.1. The van der Waals surface area contributed by atoms with Crippen molar-refractivity contribution < 1.29 is 0 Å². The lowest BCUT2D eigenvalue weighted by molar-refractivity contribution is 0.447. The number of aliphatic imine (C=N–C) groups is 1. The van der Waals surface area contributed by atoms with Crippen molar-refractivity contribution in [3.8, 4) is 6.07 Å². The molecule has 0 radical (unpaired) electrons. The van der Waals surface area contributed by atoms with Crippen molar-refractivity contribution in [2.75, 3.05) is 7.05 Å². The molecule has 4 nitrogen and oxygen atoms in total. The van der Waals surface area contributed by atoms with Crippen LogP contribution in [0.15, 0.2) is 29.3 Å². The van der Waals surface area contributed by atoms with E-state index in [0.29, 0.717) is 12.1 Å². The summed E-state index contributed by atoms with van der Waals surface area (Å²) in [6.07, 6.45) is 1.55. The lowest BCUT2D eigenvalue weighted by atomic mass is 10.1. The van der Waals surface area contributed by atoms with Gasteiger partial charge in [0.25, 0.3) is 0 Å². The van der Waals surface area contributed by atoms with Crippen LogP contribution in [0.3, 0.4) is 0 Å². The molecule has 1 rings (SSSR count). The van der Waals surface area contributed by atoms with E-state index in [2.05, 4.69) is 11.1 Å². The number of nitrogens with zero attached hydrogens (tertiary/aromatic N) is 3. The Kier molecular flexibility index (Phi) is 3.65. The summed E-state index contributed by atoms with van der Waals surface area (Å²) >= 11 is 0. The molecule has 0 heterocycles. The molecule has 0 unspecified atom stereocenters. The maximum Gasteiger partial charge on any atom is 0.0991 e. The van der Waals surface area contributed by atoms with Crippen LogP contribution in [0.4, 0.5) is 0 Å². The molecule has 0 aliphatic heterocycles. The van der Waals surface area contributed by atoms with Gasteiger partial charge in [-0.1, -0.05) is 12.1 Å². The fraction of sp³-hybridized carbons (Fsp3) is 0.200. The Bertz CT molecular complexity index is 347. The fourth-order valence-corrected chi connectivity index (χ4v) is 1.08. The average molecular weight is 188 g/mol. The first-order chi connectivity index (χ1) is 6.76. The summed E-state index contributed by atoms with van der Waals surface area (Å²) < 4.78 is 0. The highest BCUT2D eigenvalue weighted by Gasteiger charge is 1.96. The van der Waals surface area contributed by atoms with Gasteiger partial charge in [0.05, 0.1) is 24.5 Å². The zero-order valence-corrected chi connectivity index (χ0v) is 8.01. The Balaban J connectivity index is 2.65. The Morgan fingerprint density at radius 3 is 2.64 bits per heavy atom. The van der Waals surface area contributed by atoms with Crippen molar-refractivity contribution in [1.82, 2.24) is 5.01 Å². The molecule has 0 fully saturated rings. The zero-order chi connectivity index (χ0) is 10.4. The van der Waals surface area contributed by atoms with Gasteiger partial charge in [0.15, 0.2) is 0 Å². The standard InChI is InChI=1S/C10H12N4/c1-13-8-14(12)7-10-4-2-9(6-11)3-5-10/h2-5,8H,7,12H2,1H3. The highest BCUT2D eigenvalue weighted by atomic mass is 15.4. The molecule has 0 aliphatic carbocycles. The van der Waals surface area contributed by atoms with Gasteiger partial charge in [0.1, 0.15) is 0 Å². The summed E-state index contributed by atoms with van der Waals surface area (Å²) in [6, 6.07) is 9.36. The quantitative estimate of drug-likeness (QED) is 0.331. The van der Waals surface area contributed by atoms with Gasteiger partial charge in [0, 0.05) is 7.05 Å². The molecule has 2 N–H and O–H groups in total. The lowest BCUT2D eigenvalue weighted by Gasteiger charge is -2.11. The summed E-state index contributed by atoms with van der Waals surface area (Å²) in [7, 11) is 1.67. The summed E-state index contributed by atoms with van der Waals surface area (Å²) in [5.41, 5.74) is 1.70. The van der Waals surface area contributed by atoms with E-state index in [4.69, 9.17) is 11.1 Å². The minimum absolute atomic E-state index is 0.586. The van der Waals surface area contributed by atoms with Crippen LogP contribution in [-0.4, -0.2) is 18.4 Å². The number of hydrogen-bond acceptors (Lipinski definition) is 3. The largest absolute Gasteiger partial charge is 0.297 e. The van der Waals surface area contributed by atoms with Gasteiger partial charge in [0.2, 0.25) is 0 Å². The second-order valence-corrected chi connectivity index (χ2v) is 2.85. The summed E-state index contributed by atoms with van der Waals surface area (Å²) in [5.74, 6) is 5.61. The SMILES string of the molecule is CN=CN(N)Cc1ccc(C#N)cc1. The van der Waals surface area contributed by atoms with Gasteiger partial charge in [-0.15, -0.1) is 0 Å². The van der Waals surface area contributed by atoms with Crippen LogP contribution in [-0.2, 0) is 6.54 Å². The number of rotatable bonds is 3. The van der Waals surface area contributed by atoms with E-state index in [1.165, 1.54) is 5.01 Å². The molecule has 14 heavy (non-hydrogen) atoms. The van der Waals surface area contributed by atoms with Crippen LogP contribution in [0, 0.1) is 11.3 Å². The second-order valence-electron chi connectivity index (χ2n) is 2.85. The highest BCUT2D eigenvalue weighted by Crippen LogP contribution is 2.04. The first-order valence-electron chi connectivity index (χ1n) is 4.19. The molecule has 0 saturated carbocycles. The molecule has 0 atom stereocenters. The van der Waals surface area contributed by atoms with Crippen molar-refractivity contribution in [1.29, 1.82) is 5.26 Å². The van der Waals surface area contributed by atoms with E-state index in [1.54, 1.807) is 25.5 Å². The predicted octanol–water partition coefficient (Wildman–Crippen LogP) is 0.892. The number of benzene rings is 1. The topological polar surface area (TPSA) is 65.4 Å². The smallest absolute Gasteiger partial charge is 0.0991 e. The summed E-state index contributed by atoms with van der Waals surface area (Å²) in [4.78, 5) is 3.79. The van der Waals surface area contributed by atoms with E-state index >= 15 is 0 Å². The Labute approximate surface area is 83.2 Å². The molecule has 0 saturated heterocycles. The van der Waals surface area contributed by atoms with E-state index in [0.717, 1.165) is 5.56 Å². The number of nitrogens with two attached hydrogens (primary N) is 1. The van der Waals surface area contributed by atoms with Crippen LogP contribution < -0.4 is 5.84 Å². The van der Waals surface area contributed by atoms with Crippen LogP contribution in [0.25, 0.3) is 0 Å². The number of nitriles is 1. The average Bonchev–Trinajstić information content (AvgIpc) is 2.19. The van der Waals surface area contributed by atoms with Gasteiger partial charge in [-0.05, 0) is 17.7 Å². The number of hydrazine groups is 1. The molecule has 72 valence electrons. The first kappa shape index (κ1) is 10.2. The third-order valence-corrected chi connectivity index (χ3v) is 1.71. The van der Waals surface area contributed by atoms with Gasteiger partial charge >= 0.3 is 0 Å². The maximum atomic E-state index is 8.59. The highest BCUT2D eigenvalue weighted by molar-refractivity contribution is 5.53. The molecule has 0 spiro atoms. The van der Waals surface area contributed by atoms with Crippen molar-refractivity contribution in [3.63, 3.8) is 0 Å². The van der Waals surface area contributed by atoms with E-state index in [1.807, 2.05) is 12.1 Å². The van der Waals surface area contributed by atoms with Crippen molar-refractivity contribution in [2.45, 2.75) is 6.54 Å². The van der Waals surface area contributed by atoms with Gasteiger partial charge in [-0.3, -0.25) is 10.0 Å². The molecule has 1 aromatic carbocycles. The van der Waals surface area contributed by atoms with Gasteiger partial charge < -0.3 is 0 Å². The zero-order valence-electron chi connectivity index (χ0n) is 8.01. The molecular formula is C10H12N4. The monoisotopic (exact) mass is 188 g/mol. The minimum atomic E-state index is 0.586. The van der Waals surface area contributed by atoms with Gasteiger partial charge in [-0.25, -0.2) is 5.84 Å². The second kappa shape index (κ2) is 5.00. The Morgan fingerprint density at radius 1 is 1.50 bits per heavy atom. The molecular weight excluding hydrogens is 176 g/mol. The molecule has 1 aromatic rings. The maximum absolute atomic E-state index is 8.59. The predicted molar refractivity (Wildman–Crippen MR) is 55.3 cm³/mol. The molecule has 0 amide bonds. The fourth-order valence-electron chi connectivity index (χ4n) is 1.08. The van der Waals surface area contributed by atoms with Crippen LogP contribution in [0.5, 0.6) is 0 Å². The first-order valence-corrected chi connectivity index (χ1v) is 4.19. The van der Waals surface area contributed by atoms with Crippen molar-refractivity contribution in [2.24, 2.45) is 10.8 Å². The van der Waals surface area contributed by atoms with Crippen molar-refractivity contribution >= 4 is 6.34 Å². The van der Waals surface area contributed by atoms with Gasteiger partial charge in [-0.2, -0.15) is 5.26 Å². The summed E-state index contributed by atoms with van der Waals surface area (Å²) in [6.45, 7) is 0.586. The van der Waals surface area contributed by atoms with E-state index < -0.39 is 0 Å². The lowest BCUT2D eigenvalue weighted by Crippen LogP contribution is -2.28. The van der Waals surface area contributed by atoms with Crippen LogP contribution >= 0.6 is 0 Å². The third kappa shape index (κ3) is 2.88. The molecule has 0 aliphatic rings. The molecule has 4 heteroatoms. The summed E-state index contributed by atoms with van der Waals surface area (Å²) in [5, 5.41) is 10.1. The van der Waals surface area contributed by atoms with Crippen molar-refractivity contribution in [3.05, 3.63) is 35.4 Å². The van der Waals surface area contributed by atoms with E-state index in [-0.39, 0.29) is 0 Å². The van der Waals surface area contributed by atoms with Crippen LogP contribution in [0.1, 0.15) is 11.1 Å². The third-order valence-electron chi connectivity index (χ3n) is 1.71. The Hall–Kier alpha value is -1.86.